The fourth-order valence-electron chi connectivity index (χ4n) is 1.40. The molecule has 0 saturated carbocycles. The van der Waals surface area contributed by atoms with Gasteiger partial charge in [-0.15, -0.1) is 11.3 Å². The molecule has 17 heavy (non-hydrogen) atoms. The molecule has 0 N–H and O–H groups in total. The van der Waals surface area contributed by atoms with Gasteiger partial charge in [0.1, 0.15) is 6.61 Å². The summed E-state index contributed by atoms with van der Waals surface area (Å²) in [6.45, 7) is 6.09. The molecule has 0 aliphatic carbocycles. The van der Waals surface area contributed by atoms with E-state index in [0.29, 0.717) is 19.7 Å². The predicted molar refractivity (Wildman–Crippen MR) is 71.5 cm³/mol. The number of carbonyl (C=O) groups excluding carboxylic acids is 1. The fourth-order valence-corrected chi connectivity index (χ4v) is 2.50. The normalized spacial score (nSPS) is 10.5. The van der Waals surface area contributed by atoms with E-state index in [0.717, 1.165) is 15.6 Å². The van der Waals surface area contributed by atoms with Crippen LogP contribution in [0.5, 0.6) is 0 Å². The second-order valence-corrected chi connectivity index (χ2v) is 5.47. The Hall–Kier alpha value is -0.580. The van der Waals surface area contributed by atoms with Crippen LogP contribution < -0.4 is 0 Å². The van der Waals surface area contributed by atoms with E-state index in [2.05, 4.69) is 0 Å². The van der Waals surface area contributed by atoms with Gasteiger partial charge in [0, 0.05) is 18.0 Å². The van der Waals surface area contributed by atoms with Crippen LogP contribution in [0.15, 0.2) is 12.1 Å². The fraction of sp³-hybridized carbons (Fsp3) is 0.583. The van der Waals surface area contributed by atoms with Gasteiger partial charge in [-0.05, 0) is 25.5 Å². The summed E-state index contributed by atoms with van der Waals surface area (Å²) in [6.07, 6.45) is 0.930. The van der Waals surface area contributed by atoms with E-state index < -0.39 is 0 Å². The molecule has 1 aromatic rings. The number of amides is 1. The molecule has 0 aliphatic heterocycles. The van der Waals surface area contributed by atoms with Gasteiger partial charge >= 0.3 is 0 Å². The Morgan fingerprint density at radius 2 is 2.24 bits per heavy atom. The van der Waals surface area contributed by atoms with E-state index in [-0.39, 0.29) is 12.5 Å². The maximum atomic E-state index is 11.8. The topological polar surface area (TPSA) is 29.5 Å². The highest BCUT2D eigenvalue weighted by Gasteiger charge is 2.13. The third kappa shape index (κ3) is 5.06. The van der Waals surface area contributed by atoms with Crippen molar-refractivity contribution in [1.29, 1.82) is 0 Å². The molecule has 1 aromatic heterocycles. The molecule has 0 radical (unpaired) electrons. The van der Waals surface area contributed by atoms with Gasteiger partial charge in [0.25, 0.3) is 0 Å². The van der Waals surface area contributed by atoms with Crippen LogP contribution in [0.4, 0.5) is 0 Å². The van der Waals surface area contributed by atoms with E-state index in [4.69, 9.17) is 16.3 Å². The summed E-state index contributed by atoms with van der Waals surface area (Å²) < 4.78 is 6.01. The summed E-state index contributed by atoms with van der Waals surface area (Å²) in [5, 5.41) is 0. The average Bonchev–Trinajstić information content (AvgIpc) is 2.72. The Kier molecular flexibility index (Phi) is 6.55. The lowest BCUT2D eigenvalue weighted by Crippen LogP contribution is -2.33. The van der Waals surface area contributed by atoms with E-state index in [1.807, 2.05) is 26.0 Å². The van der Waals surface area contributed by atoms with Gasteiger partial charge in [-0.25, -0.2) is 0 Å². The number of likely N-dealkylation sites (N-methyl/N-ethyl adjacent to an activating group) is 1. The Morgan fingerprint density at radius 1 is 1.47 bits per heavy atom. The highest BCUT2D eigenvalue weighted by Crippen LogP contribution is 2.22. The van der Waals surface area contributed by atoms with Gasteiger partial charge in [-0.2, -0.15) is 0 Å². The molecular formula is C12H18ClNO2S. The highest BCUT2D eigenvalue weighted by atomic mass is 35.5. The van der Waals surface area contributed by atoms with Crippen molar-refractivity contribution in [3.8, 4) is 0 Å². The number of hydrogen-bond acceptors (Lipinski definition) is 3. The first kappa shape index (κ1) is 14.5. The molecule has 96 valence electrons. The SMILES string of the molecule is CCCOCC(=O)N(CC)Cc1ccc(Cl)s1. The van der Waals surface area contributed by atoms with Gasteiger partial charge in [0.15, 0.2) is 0 Å². The number of rotatable bonds is 7. The largest absolute Gasteiger partial charge is 0.372 e. The molecule has 0 fully saturated rings. The van der Waals surface area contributed by atoms with Crippen molar-refractivity contribution >= 4 is 28.8 Å². The second kappa shape index (κ2) is 7.69. The molecule has 0 bridgehead atoms. The molecule has 5 heteroatoms. The minimum atomic E-state index is 0.0328. The Morgan fingerprint density at radius 3 is 2.76 bits per heavy atom. The first-order chi connectivity index (χ1) is 8.17. The molecule has 0 atom stereocenters. The average molecular weight is 276 g/mol. The summed E-state index contributed by atoms with van der Waals surface area (Å²) in [5.41, 5.74) is 0. The van der Waals surface area contributed by atoms with Crippen molar-refractivity contribution in [3.05, 3.63) is 21.3 Å². The van der Waals surface area contributed by atoms with Crippen molar-refractivity contribution in [2.24, 2.45) is 0 Å². The molecular weight excluding hydrogens is 258 g/mol. The van der Waals surface area contributed by atoms with Gasteiger partial charge in [-0.3, -0.25) is 4.79 Å². The molecule has 3 nitrogen and oxygen atoms in total. The second-order valence-electron chi connectivity index (χ2n) is 3.67. The minimum absolute atomic E-state index is 0.0328. The molecule has 1 heterocycles. The summed E-state index contributed by atoms with van der Waals surface area (Å²) in [7, 11) is 0. The Bertz CT molecular complexity index is 354. The molecule has 0 spiro atoms. The highest BCUT2D eigenvalue weighted by molar-refractivity contribution is 7.16. The maximum Gasteiger partial charge on any atom is 0.248 e. The number of hydrogen-bond donors (Lipinski definition) is 0. The van der Waals surface area contributed by atoms with Crippen LogP contribution in [0.1, 0.15) is 25.1 Å². The van der Waals surface area contributed by atoms with E-state index in [1.165, 1.54) is 11.3 Å². The zero-order valence-corrected chi connectivity index (χ0v) is 11.8. The van der Waals surface area contributed by atoms with Crippen molar-refractivity contribution in [2.75, 3.05) is 19.8 Å². The number of nitrogens with zero attached hydrogens (tertiary/aromatic N) is 1. The third-order valence-corrected chi connectivity index (χ3v) is 3.50. The minimum Gasteiger partial charge on any atom is -0.372 e. The number of thiophene rings is 1. The van der Waals surface area contributed by atoms with E-state index in [9.17, 15) is 4.79 Å². The third-order valence-electron chi connectivity index (χ3n) is 2.28. The van der Waals surface area contributed by atoms with Gasteiger partial charge < -0.3 is 9.64 Å². The quantitative estimate of drug-likeness (QED) is 0.716. The lowest BCUT2D eigenvalue weighted by Gasteiger charge is -2.19. The lowest BCUT2D eigenvalue weighted by molar-refractivity contribution is -0.136. The molecule has 0 unspecified atom stereocenters. The zero-order chi connectivity index (χ0) is 12.7. The van der Waals surface area contributed by atoms with Crippen LogP contribution >= 0.6 is 22.9 Å². The van der Waals surface area contributed by atoms with Gasteiger partial charge in [-0.1, -0.05) is 18.5 Å². The smallest absolute Gasteiger partial charge is 0.248 e. The van der Waals surface area contributed by atoms with Crippen LogP contribution in [0.2, 0.25) is 4.34 Å². The standard InChI is InChI=1S/C12H18ClNO2S/c1-3-7-16-9-12(15)14(4-2)8-10-5-6-11(13)17-10/h5-6H,3-4,7-9H2,1-2H3. The van der Waals surface area contributed by atoms with Crippen molar-refractivity contribution in [3.63, 3.8) is 0 Å². The van der Waals surface area contributed by atoms with Crippen LogP contribution in [-0.2, 0) is 16.1 Å². The Labute approximate surface area is 111 Å². The molecule has 0 aliphatic rings. The van der Waals surface area contributed by atoms with Crippen LogP contribution in [0, 0.1) is 0 Å². The number of carbonyl (C=O) groups is 1. The monoisotopic (exact) mass is 275 g/mol. The Balaban J connectivity index is 2.44. The molecule has 0 aromatic carbocycles. The van der Waals surface area contributed by atoms with Crippen molar-refractivity contribution in [2.45, 2.75) is 26.8 Å². The van der Waals surface area contributed by atoms with Crippen LogP contribution in [-0.4, -0.2) is 30.6 Å². The number of halogens is 1. The summed E-state index contributed by atoms with van der Waals surface area (Å²) in [5.74, 6) is 0.0328. The first-order valence-corrected chi connectivity index (χ1v) is 6.96. The van der Waals surface area contributed by atoms with E-state index in [1.54, 1.807) is 4.90 Å². The summed E-state index contributed by atoms with van der Waals surface area (Å²) in [4.78, 5) is 14.7. The number of ether oxygens (including phenoxy) is 1. The van der Waals surface area contributed by atoms with Gasteiger partial charge in [0.2, 0.25) is 5.91 Å². The zero-order valence-electron chi connectivity index (χ0n) is 10.2. The summed E-state index contributed by atoms with van der Waals surface area (Å²) in [6, 6.07) is 3.81. The first-order valence-electron chi connectivity index (χ1n) is 5.77. The van der Waals surface area contributed by atoms with Crippen LogP contribution in [0.3, 0.4) is 0 Å². The molecule has 0 saturated heterocycles. The predicted octanol–water partition coefficient (Wildman–Crippen LogP) is 3.18. The van der Waals surface area contributed by atoms with Crippen molar-refractivity contribution in [1.82, 2.24) is 4.90 Å². The maximum absolute atomic E-state index is 11.8. The molecule has 1 rings (SSSR count). The lowest BCUT2D eigenvalue weighted by atomic mass is 10.4. The summed E-state index contributed by atoms with van der Waals surface area (Å²) >= 11 is 7.37. The van der Waals surface area contributed by atoms with E-state index >= 15 is 0 Å². The molecule has 1 amide bonds. The van der Waals surface area contributed by atoms with Gasteiger partial charge in [0.05, 0.1) is 10.9 Å². The van der Waals surface area contributed by atoms with Crippen LogP contribution in [0.25, 0.3) is 0 Å². The van der Waals surface area contributed by atoms with Crippen molar-refractivity contribution < 1.29 is 9.53 Å².